The lowest BCUT2D eigenvalue weighted by atomic mass is 9.94. The quantitative estimate of drug-likeness (QED) is 0.195. The molecule has 0 spiro atoms. The van der Waals surface area contributed by atoms with Crippen LogP contribution in [0, 0.1) is 11.3 Å². The number of thiazole rings is 1. The smallest absolute Gasteiger partial charge is 0.269 e. The Balaban J connectivity index is 1.54. The van der Waals surface area contributed by atoms with Crippen molar-refractivity contribution in [2.24, 2.45) is 0 Å². The summed E-state index contributed by atoms with van der Waals surface area (Å²) in [6.45, 7) is 4.21. The number of fused-ring (bicyclic) bond motifs is 1. The van der Waals surface area contributed by atoms with E-state index in [-0.39, 0.29) is 21.9 Å². The average Bonchev–Trinajstić information content (AvgIpc) is 3.47. The van der Waals surface area contributed by atoms with Crippen LogP contribution in [-0.4, -0.2) is 15.9 Å². The average molecular weight is 580 g/mol. The van der Waals surface area contributed by atoms with Gasteiger partial charge in [0.2, 0.25) is 0 Å². The molecule has 0 radical (unpaired) electrons. The second-order valence-electron chi connectivity index (χ2n) is 8.78. The summed E-state index contributed by atoms with van der Waals surface area (Å²) in [6.07, 6.45) is 0. The van der Waals surface area contributed by atoms with Gasteiger partial charge in [-0.25, -0.2) is 9.97 Å². The maximum absolute atomic E-state index is 13.3. The summed E-state index contributed by atoms with van der Waals surface area (Å²) in [5, 5.41) is 16.4. The van der Waals surface area contributed by atoms with Crippen LogP contribution in [-0.2, 0) is 0 Å². The van der Waals surface area contributed by atoms with Crippen LogP contribution < -0.4 is 16.8 Å². The fourth-order valence-corrected chi connectivity index (χ4v) is 6.30. The zero-order chi connectivity index (χ0) is 27.1. The number of nitrogens with two attached hydrogens (primary N) is 2. The van der Waals surface area contributed by atoms with Crippen molar-refractivity contribution in [1.82, 2.24) is 9.97 Å². The van der Waals surface area contributed by atoms with E-state index in [0.717, 1.165) is 22.5 Å². The Morgan fingerprint density at radius 3 is 2.50 bits per heavy atom. The van der Waals surface area contributed by atoms with Crippen LogP contribution in [0.15, 0.2) is 47.8 Å². The summed E-state index contributed by atoms with van der Waals surface area (Å²) in [5.41, 5.74) is 16.9. The second-order valence-corrected chi connectivity index (χ2v) is 11.5. The van der Waals surface area contributed by atoms with E-state index < -0.39 is 5.91 Å². The number of hydrogen-bond acceptors (Lipinski definition) is 8. The van der Waals surface area contributed by atoms with Gasteiger partial charge in [0.1, 0.15) is 27.2 Å². The lowest BCUT2D eigenvalue weighted by Gasteiger charge is -2.11. The van der Waals surface area contributed by atoms with Gasteiger partial charge in [0.15, 0.2) is 5.13 Å². The van der Waals surface area contributed by atoms with E-state index in [4.69, 9.17) is 34.7 Å². The minimum absolute atomic E-state index is 0.0838. The zero-order valence-corrected chi connectivity index (χ0v) is 23.3. The molecule has 3 aromatic heterocycles. The number of amides is 1. The van der Waals surface area contributed by atoms with Crippen LogP contribution >= 0.6 is 45.9 Å². The molecular weight excluding hydrogens is 559 g/mol. The van der Waals surface area contributed by atoms with Gasteiger partial charge in [0, 0.05) is 26.9 Å². The molecule has 0 saturated carbocycles. The largest absolute Gasteiger partial charge is 0.397 e. The number of anilines is 3. The Kier molecular flexibility index (Phi) is 6.99. The van der Waals surface area contributed by atoms with Crippen molar-refractivity contribution >= 4 is 78.6 Å². The molecule has 0 unspecified atom stereocenters. The minimum Gasteiger partial charge on any atom is -0.397 e. The third-order valence-electron chi connectivity index (χ3n) is 6.02. The van der Waals surface area contributed by atoms with Crippen molar-refractivity contribution in [3.8, 4) is 28.5 Å². The van der Waals surface area contributed by atoms with Crippen LogP contribution in [0.25, 0.3) is 32.6 Å². The van der Waals surface area contributed by atoms with Crippen molar-refractivity contribution in [1.29, 1.82) is 5.26 Å². The molecule has 5 aromatic rings. The minimum atomic E-state index is -0.438. The highest BCUT2D eigenvalue weighted by Crippen LogP contribution is 2.43. The van der Waals surface area contributed by atoms with E-state index in [1.54, 1.807) is 23.6 Å². The third kappa shape index (κ3) is 4.68. The molecule has 0 aliphatic rings. The molecule has 5 N–H and O–H groups in total. The third-order valence-corrected chi connectivity index (χ3v) is 8.42. The SMILES string of the molecule is CC(C)c1ccc(-c2c(C#N)c(N)nc3sc(C(=O)Nc4nc(-c5ccc(Cl)cc5Cl)cs4)c(N)c23)cc1. The lowest BCUT2D eigenvalue weighted by Crippen LogP contribution is -2.11. The van der Waals surface area contributed by atoms with Gasteiger partial charge in [-0.15, -0.1) is 22.7 Å². The van der Waals surface area contributed by atoms with Gasteiger partial charge < -0.3 is 11.5 Å². The van der Waals surface area contributed by atoms with Crippen molar-refractivity contribution in [3.05, 3.63) is 73.9 Å². The summed E-state index contributed by atoms with van der Waals surface area (Å²) >= 11 is 14.7. The summed E-state index contributed by atoms with van der Waals surface area (Å²) in [6, 6.07) is 15.2. The number of nitrogen functional groups attached to an aromatic ring is 2. The highest BCUT2D eigenvalue weighted by atomic mass is 35.5. The summed E-state index contributed by atoms with van der Waals surface area (Å²) in [4.78, 5) is 22.9. The number of rotatable bonds is 5. The number of nitrogens with zero attached hydrogens (tertiary/aromatic N) is 3. The number of carbonyl (C=O) groups is 1. The maximum atomic E-state index is 13.3. The molecule has 2 aromatic carbocycles. The number of carbonyl (C=O) groups excluding carboxylic acids is 1. The molecule has 0 bridgehead atoms. The fraction of sp³-hybridized carbons (Fsp3) is 0.111. The Hall–Kier alpha value is -3.68. The fourth-order valence-electron chi connectivity index (χ4n) is 4.08. The Labute approximate surface area is 236 Å². The Bertz CT molecular complexity index is 1750. The number of hydrogen-bond donors (Lipinski definition) is 3. The molecule has 0 atom stereocenters. The summed E-state index contributed by atoms with van der Waals surface area (Å²) in [7, 11) is 0. The highest BCUT2D eigenvalue weighted by molar-refractivity contribution is 7.21. The van der Waals surface area contributed by atoms with Crippen LogP contribution in [0.4, 0.5) is 16.6 Å². The molecule has 11 heteroatoms. The van der Waals surface area contributed by atoms with E-state index in [1.807, 2.05) is 24.3 Å². The van der Waals surface area contributed by atoms with Crippen LogP contribution in [0.1, 0.15) is 40.6 Å². The molecule has 5 rings (SSSR count). The van der Waals surface area contributed by atoms with Gasteiger partial charge >= 0.3 is 0 Å². The molecule has 38 heavy (non-hydrogen) atoms. The molecule has 1 amide bonds. The Morgan fingerprint density at radius 2 is 1.84 bits per heavy atom. The van der Waals surface area contributed by atoms with E-state index in [9.17, 15) is 10.1 Å². The number of benzene rings is 2. The number of halogens is 2. The van der Waals surface area contributed by atoms with Crippen molar-refractivity contribution in [2.75, 3.05) is 16.8 Å². The second kappa shape index (κ2) is 10.2. The number of nitriles is 1. The first-order valence-corrected chi connectivity index (χ1v) is 13.9. The summed E-state index contributed by atoms with van der Waals surface area (Å²) < 4.78 is 0. The molecule has 0 aliphatic heterocycles. The van der Waals surface area contributed by atoms with Gasteiger partial charge in [-0.05, 0) is 35.2 Å². The normalized spacial score (nSPS) is 11.2. The maximum Gasteiger partial charge on any atom is 0.269 e. The van der Waals surface area contributed by atoms with Crippen molar-refractivity contribution < 1.29 is 4.79 Å². The van der Waals surface area contributed by atoms with Gasteiger partial charge in [0.05, 0.1) is 16.4 Å². The predicted octanol–water partition coefficient (Wildman–Crippen LogP) is 7.81. The topological polar surface area (TPSA) is 131 Å². The van der Waals surface area contributed by atoms with E-state index in [1.165, 1.54) is 11.3 Å². The van der Waals surface area contributed by atoms with Crippen molar-refractivity contribution in [3.63, 3.8) is 0 Å². The number of nitrogens with one attached hydrogen (secondary N) is 1. The summed E-state index contributed by atoms with van der Waals surface area (Å²) in [5.74, 6) is -0.00188. The Morgan fingerprint density at radius 1 is 1.11 bits per heavy atom. The molecule has 3 heterocycles. The molecule has 7 nitrogen and oxygen atoms in total. The molecule has 0 fully saturated rings. The molecule has 0 saturated heterocycles. The number of pyridine rings is 1. The van der Waals surface area contributed by atoms with Crippen molar-refractivity contribution in [2.45, 2.75) is 19.8 Å². The molecule has 0 aliphatic carbocycles. The highest BCUT2D eigenvalue weighted by Gasteiger charge is 2.25. The number of thiophene rings is 1. The standard InChI is InChI=1S/C27H20Cl2N6OS2/c1-12(2)13-3-5-14(6-4-13)20-17(10-30)24(32)34-26-21(20)22(31)23(38-26)25(36)35-27-33-19(11-37-27)16-8-7-15(28)9-18(16)29/h3-9,11-12H,31H2,1-2H3,(H2,32,34)(H,33,35,36). The first-order chi connectivity index (χ1) is 18.2. The van der Waals surface area contributed by atoms with E-state index in [0.29, 0.717) is 48.1 Å². The van der Waals surface area contributed by atoms with E-state index >= 15 is 0 Å². The van der Waals surface area contributed by atoms with Gasteiger partial charge in [-0.1, -0.05) is 61.3 Å². The van der Waals surface area contributed by atoms with Gasteiger partial charge in [-0.2, -0.15) is 5.26 Å². The molecular formula is C27H20Cl2N6OS2. The number of aromatic nitrogens is 2. The van der Waals surface area contributed by atoms with Gasteiger partial charge in [-0.3, -0.25) is 10.1 Å². The van der Waals surface area contributed by atoms with Crippen LogP contribution in [0.3, 0.4) is 0 Å². The van der Waals surface area contributed by atoms with Crippen LogP contribution in [0.2, 0.25) is 10.0 Å². The van der Waals surface area contributed by atoms with Crippen LogP contribution in [0.5, 0.6) is 0 Å². The predicted molar refractivity (Wildman–Crippen MR) is 158 cm³/mol. The zero-order valence-electron chi connectivity index (χ0n) is 20.2. The lowest BCUT2D eigenvalue weighted by molar-refractivity contribution is 0.103. The van der Waals surface area contributed by atoms with Gasteiger partial charge in [0.25, 0.3) is 5.91 Å². The van der Waals surface area contributed by atoms with E-state index in [2.05, 4.69) is 35.2 Å². The molecule has 190 valence electrons. The first-order valence-electron chi connectivity index (χ1n) is 11.4. The first kappa shape index (κ1) is 25.9. The monoisotopic (exact) mass is 578 g/mol.